The van der Waals surface area contributed by atoms with Gasteiger partial charge in [-0.2, -0.15) is 4.37 Å². The maximum atomic E-state index is 10.6. The molecule has 6 nitrogen and oxygen atoms in total. The summed E-state index contributed by atoms with van der Waals surface area (Å²) in [5.74, 6) is 0.238. The minimum absolute atomic E-state index is 0.152. The van der Waals surface area contributed by atoms with Gasteiger partial charge in [0.15, 0.2) is 0 Å². The summed E-state index contributed by atoms with van der Waals surface area (Å²) in [6.45, 7) is 1.79. The first kappa shape index (κ1) is 10.5. The Hall–Kier alpha value is -2.02. The molecule has 82 valence electrons. The van der Waals surface area contributed by atoms with Crippen LogP contribution in [0, 0.1) is 6.92 Å². The van der Waals surface area contributed by atoms with Crippen LogP contribution >= 0.6 is 11.5 Å². The summed E-state index contributed by atoms with van der Waals surface area (Å²) in [4.78, 5) is 18.6. The van der Waals surface area contributed by atoms with Crippen LogP contribution in [0.5, 0.6) is 0 Å². The normalized spacial score (nSPS) is 10.1. The molecule has 2 aromatic heterocycles. The van der Waals surface area contributed by atoms with Gasteiger partial charge in [0, 0.05) is 17.7 Å². The quantitative estimate of drug-likeness (QED) is 0.843. The van der Waals surface area contributed by atoms with E-state index >= 15 is 0 Å². The van der Waals surface area contributed by atoms with E-state index in [2.05, 4.69) is 19.7 Å². The third-order valence-corrected chi connectivity index (χ3v) is 2.49. The summed E-state index contributed by atoms with van der Waals surface area (Å²) in [6.07, 6.45) is 1.29. The van der Waals surface area contributed by atoms with Crippen LogP contribution in [-0.2, 0) is 0 Å². The molecule has 0 spiro atoms. The molecule has 0 radical (unpaired) electrons. The zero-order chi connectivity index (χ0) is 11.5. The lowest BCUT2D eigenvalue weighted by Gasteiger charge is -2.00. The molecule has 0 atom stereocenters. The number of hydrogen-bond acceptors (Lipinski definition) is 6. The molecule has 0 saturated heterocycles. The van der Waals surface area contributed by atoms with Gasteiger partial charge < -0.3 is 10.4 Å². The van der Waals surface area contributed by atoms with Gasteiger partial charge in [-0.25, -0.2) is 14.8 Å². The molecular formula is C9H8N4O2S. The van der Waals surface area contributed by atoms with Crippen LogP contribution in [0.15, 0.2) is 18.3 Å². The van der Waals surface area contributed by atoms with E-state index in [9.17, 15) is 4.79 Å². The lowest BCUT2D eigenvalue weighted by atomic mass is 10.3. The Morgan fingerprint density at radius 3 is 2.81 bits per heavy atom. The number of pyridine rings is 1. The lowest BCUT2D eigenvalue weighted by molar-refractivity contribution is 0.0696. The number of carboxylic acids is 1. The monoisotopic (exact) mass is 236 g/mol. The molecule has 2 rings (SSSR count). The molecule has 0 amide bonds. The molecule has 0 aliphatic rings. The van der Waals surface area contributed by atoms with E-state index in [1.165, 1.54) is 23.8 Å². The maximum Gasteiger partial charge on any atom is 0.337 e. The molecule has 0 bridgehead atoms. The molecule has 2 heterocycles. The highest BCUT2D eigenvalue weighted by molar-refractivity contribution is 7.09. The van der Waals surface area contributed by atoms with Gasteiger partial charge in [0.2, 0.25) is 5.13 Å². The summed E-state index contributed by atoms with van der Waals surface area (Å²) in [7, 11) is 0. The predicted molar refractivity (Wildman–Crippen MR) is 59.1 cm³/mol. The van der Waals surface area contributed by atoms with Gasteiger partial charge in [-0.3, -0.25) is 0 Å². The van der Waals surface area contributed by atoms with Crippen molar-refractivity contribution in [1.82, 2.24) is 14.3 Å². The van der Waals surface area contributed by atoms with Crippen LogP contribution in [0.2, 0.25) is 0 Å². The largest absolute Gasteiger partial charge is 0.478 e. The molecule has 0 aliphatic carbocycles. The number of hydrogen-bond donors (Lipinski definition) is 2. The van der Waals surface area contributed by atoms with E-state index in [0.29, 0.717) is 16.8 Å². The summed E-state index contributed by atoms with van der Waals surface area (Å²) in [5.41, 5.74) is 0.152. The SMILES string of the molecule is Cc1nsc(Nc2ccc(C(=O)O)cn2)n1. The van der Waals surface area contributed by atoms with Crippen molar-refractivity contribution < 1.29 is 9.90 Å². The molecule has 0 saturated carbocycles. The van der Waals surface area contributed by atoms with Crippen molar-refractivity contribution in [3.8, 4) is 0 Å². The number of carboxylic acid groups (broad SMARTS) is 1. The van der Waals surface area contributed by atoms with Crippen molar-refractivity contribution in [2.75, 3.05) is 5.32 Å². The van der Waals surface area contributed by atoms with Crippen molar-refractivity contribution in [2.45, 2.75) is 6.92 Å². The lowest BCUT2D eigenvalue weighted by Crippen LogP contribution is -1.99. The van der Waals surface area contributed by atoms with Crippen molar-refractivity contribution in [3.63, 3.8) is 0 Å². The van der Waals surface area contributed by atoms with Crippen LogP contribution in [0.3, 0.4) is 0 Å². The fourth-order valence-corrected chi connectivity index (χ4v) is 1.63. The van der Waals surface area contributed by atoms with E-state index in [4.69, 9.17) is 5.11 Å². The number of aromatic carboxylic acids is 1. The molecule has 0 unspecified atom stereocenters. The van der Waals surface area contributed by atoms with Crippen LogP contribution in [0.25, 0.3) is 0 Å². The number of nitrogens with zero attached hydrogens (tertiary/aromatic N) is 3. The Labute approximate surface area is 95.2 Å². The van der Waals surface area contributed by atoms with E-state index in [0.717, 1.165) is 0 Å². The first-order chi connectivity index (χ1) is 7.65. The minimum Gasteiger partial charge on any atom is -0.478 e. The summed E-state index contributed by atoms with van der Waals surface area (Å²) >= 11 is 1.23. The summed E-state index contributed by atoms with van der Waals surface area (Å²) in [6, 6.07) is 3.06. The van der Waals surface area contributed by atoms with Crippen molar-refractivity contribution in [3.05, 3.63) is 29.7 Å². The van der Waals surface area contributed by atoms with Crippen molar-refractivity contribution in [2.24, 2.45) is 0 Å². The van der Waals surface area contributed by atoms with Gasteiger partial charge in [0.1, 0.15) is 11.6 Å². The Balaban J connectivity index is 2.14. The second-order valence-electron chi connectivity index (χ2n) is 3.01. The molecular weight excluding hydrogens is 228 g/mol. The molecule has 0 aromatic carbocycles. The number of rotatable bonds is 3. The number of anilines is 2. The van der Waals surface area contributed by atoms with Gasteiger partial charge >= 0.3 is 5.97 Å². The van der Waals surface area contributed by atoms with E-state index in [1.807, 2.05) is 0 Å². The molecule has 2 aromatic rings. The average molecular weight is 236 g/mol. The number of aromatic nitrogens is 3. The van der Waals surface area contributed by atoms with Gasteiger partial charge in [0.05, 0.1) is 5.56 Å². The maximum absolute atomic E-state index is 10.6. The fourth-order valence-electron chi connectivity index (χ4n) is 1.05. The Kier molecular flexibility index (Phi) is 2.78. The van der Waals surface area contributed by atoms with E-state index in [1.54, 1.807) is 13.0 Å². The highest BCUT2D eigenvalue weighted by Gasteiger charge is 2.04. The highest BCUT2D eigenvalue weighted by atomic mass is 32.1. The van der Waals surface area contributed by atoms with Gasteiger partial charge in [-0.15, -0.1) is 0 Å². The topological polar surface area (TPSA) is 88.0 Å². The van der Waals surface area contributed by atoms with Crippen LogP contribution in [0.1, 0.15) is 16.2 Å². The number of aryl methyl sites for hydroxylation is 1. The van der Waals surface area contributed by atoms with Crippen LogP contribution in [0.4, 0.5) is 10.9 Å². The first-order valence-corrected chi connectivity index (χ1v) is 5.19. The van der Waals surface area contributed by atoms with Gasteiger partial charge in [0.25, 0.3) is 0 Å². The standard InChI is InChI=1S/C9H8N4O2S/c1-5-11-9(16-13-5)12-7-3-2-6(4-10-7)8(14)15/h2-4H,1H3,(H,14,15)(H,10,11,12,13). The van der Waals surface area contributed by atoms with Crippen molar-refractivity contribution >= 4 is 28.5 Å². The predicted octanol–water partition coefficient (Wildman–Crippen LogP) is 1.68. The zero-order valence-electron chi connectivity index (χ0n) is 8.34. The van der Waals surface area contributed by atoms with E-state index < -0.39 is 5.97 Å². The number of carbonyl (C=O) groups is 1. The second kappa shape index (κ2) is 4.23. The molecule has 16 heavy (non-hydrogen) atoms. The summed E-state index contributed by atoms with van der Waals surface area (Å²) in [5, 5.41) is 12.3. The molecule has 7 heteroatoms. The molecule has 0 aliphatic heterocycles. The van der Waals surface area contributed by atoms with Crippen LogP contribution < -0.4 is 5.32 Å². The third kappa shape index (κ3) is 2.31. The third-order valence-electron chi connectivity index (χ3n) is 1.77. The second-order valence-corrected chi connectivity index (χ2v) is 3.76. The van der Waals surface area contributed by atoms with Crippen molar-refractivity contribution in [1.29, 1.82) is 0 Å². The Bertz CT molecular complexity index is 508. The zero-order valence-corrected chi connectivity index (χ0v) is 9.15. The fraction of sp³-hybridized carbons (Fsp3) is 0.111. The highest BCUT2D eigenvalue weighted by Crippen LogP contribution is 2.16. The minimum atomic E-state index is -0.995. The van der Waals surface area contributed by atoms with Crippen LogP contribution in [-0.4, -0.2) is 25.4 Å². The average Bonchev–Trinajstić information content (AvgIpc) is 2.65. The molecule has 0 fully saturated rings. The smallest absolute Gasteiger partial charge is 0.337 e. The number of nitrogens with one attached hydrogen (secondary N) is 1. The molecule has 2 N–H and O–H groups in total. The van der Waals surface area contributed by atoms with Gasteiger partial charge in [-0.1, -0.05) is 0 Å². The Morgan fingerprint density at radius 2 is 2.31 bits per heavy atom. The summed E-state index contributed by atoms with van der Waals surface area (Å²) < 4.78 is 4.00. The van der Waals surface area contributed by atoms with E-state index in [-0.39, 0.29) is 5.56 Å². The Morgan fingerprint density at radius 1 is 1.50 bits per heavy atom. The van der Waals surface area contributed by atoms with Gasteiger partial charge in [-0.05, 0) is 19.1 Å². The first-order valence-electron chi connectivity index (χ1n) is 4.42.